The average molecular weight is 319 g/mol. The monoisotopic (exact) mass is 319 g/mol. The summed E-state index contributed by atoms with van der Waals surface area (Å²) in [6.45, 7) is 8.26. The van der Waals surface area contributed by atoms with Crippen molar-refractivity contribution in [2.75, 3.05) is 32.8 Å². The molecule has 2 heterocycles. The van der Waals surface area contributed by atoms with Gasteiger partial charge in [-0.1, -0.05) is 6.92 Å². The lowest BCUT2D eigenvalue weighted by molar-refractivity contribution is 0.187. The summed E-state index contributed by atoms with van der Waals surface area (Å²) in [6.07, 6.45) is 9.17. The van der Waals surface area contributed by atoms with Gasteiger partial charge in [0.2, 0.25) is 0 Å². The van der Waals surface area contributed by atoms with Crippen molar-refractivity contribution in [2.24, 2.45) is 16.3 Å². The van der Waals surface area contributed by atoms with Gasteiger partial charge in [-0.2, -0.15) is 0 Å². The van der Waals surface area contributed by atoms with E-state index in [2.05, 4.69) is 39.8 Å². The number of nitrogens with one attached hydrogen (secondary N) is 1. The number of aliphatic hydroxyl groups excluding tert-OH is 1. The third kappa shape index (κ3) is 3.68. The van der Waals surface area contributed by atoms with Crippen LogP contribution in [-0.4, -0.2) is 58.3 Å². The van der Waals surface area contributed by atoms with Crippen LogP contribution >= 0.6 is 0 Å². The van der Waals surface area contributed by atoms with E-state index < -0.39 is 0 Å². The lowest BCUT2D eigenvalue weighted by Crippen LogP contribution is -2.49. The first kappa shape index (κ1) is 16.3. The van der Waals surface area contributed by atoms with Gasteiger partial charge in [0.05, 0.1) is 25.5 Å². The quantitative estimate of drug-likeness (QED) is 0.638. The summed E-state index contributed by atoms with van der Waals surface area (Å²) in [4.78, 5) is 11.4. The van der Waals surface area contributed by atoms with E-state index in [1.54, 1.807) is 0 Å². The smallest absolute Gasteiger partial charge is 0.194 e. The van der Waals surface area contributed by atoms with E-state index in [-0.39, 0.29) is 12.0 Å². The van der Waals surface area contributed by atoms with Gasteiger partial charge in [0.25, 0.3) is 0 Å². The molecule has 2 atom stereocenters. The molecule has 0 spiro atoms. The fourth-order valence-corrected chi connectivity index (χ4v) is 3.31. The van der Waals surface area contributed by atoms with Crippen LogP contribution in [0.3, 0.4) is 0 Å². The van der Waals surface area contributed by atoms with E-state index >= 15 is 0 Å². The minimum absolute atomic E-state index is 0.0630. The van der Waals surface area contributed by atoms with Gasteiger partial charge in [0.15, 0.2) is 5.96 Å². The predicted molar refractivity (Wildman–Crippen MR) is 91.3 cm³/mol. The maximum absolute atomic E-state index is 9.50. The van der Waals surface area contributed by atoms with E-state index in [0.29, 0.717) is 12.0 Å². The maximum Gasteiger partial charge on any atom is 0.194 e. The van der Waals surface area contributed by atoms with Crippen LogP contribution in [0.15, 0.2) is 23.7 Å². The maximum atomic E-state index is 9.50. The molecule has 1 aliphatic heterocycles. The molecule has 128 valence electrons. The summed E-state index contributed by atoms with van der Waals surface area (Å²) < 4.78 is 2.22. The summed E-state index contributed by atoms with van der Waals surface area (Å²) >= 11 is 0. The molecule has 23 heavy (non-hydrogen) atoms. The fourth-order valence-electron chi connectivity index (χ4n) is 3.31. The molecular weight excluding hydrogens is 290 g/mol. The Balaban J connectivity index is 1.70. The molecule has 0 radical (unpaired) electrons. The second kappa shape index (κ2) is 6.91. The van der Waals surface area contributed by atoms with E-state index in [9.17, 15) is 5.11 Å². The highest BCUT2D eigenvalue weighted by atomic mass is 16.3. The Kier molecular flexibility index (Phi) is 4.90. The third-order valence-corrected chi connectivity index (χ3v) is 5.32. The number of guanidine groups is 1. The van der Waals surface area contributed by atoms with E-state index in [1.165, 1.54) is 0 Å². The van der Waals surface area contributed by atoms with Crippen molar-refractivity contribution in [3.05, 3.63) is 18.7 Å². The molecule has 0 aromatic carbocycles. The topological polar surface area (TPSA) is 65.7 Å². The Morgan fingerprint density at radius 1 is 1.48 bits per heavy atom. The van der Waals surface area contributed by atoms with Gasteiger partial charge in [-0.15, -0.1) is 0 Å². The number of nitrogens with zero attached hydrogens (tertiary/aromatic N) is 4. The van der Waals surface area contributed by atoms with Crippen molar-refractivity contribution in [3.63, 3.8) is 0 Å². The van der Waals surface area contributed by atoms with Gasteiger partial charge in [-0.25, -0.2) is 4.98 Å². The van der Waals surface area contributed by atoms with Crippen LogP contribution in [0.2, 0.25) is 0 Å². The molecule has 1 aromatic rings. The highest BCUT2D eigenvalue weighted by Gasteiger charge is 2.42. The largest absolute Gasteiger partial charge is 0.396 e. The number of imidazole rings is 1. The number of aliphatic hydroxyl groups is 1. The van der Waals surface area contributed by atoms with E-state index in [0.717, 1.165) is 51.4 Å². The SMILES string of the molecule is CCNC(=NCC1(CO)CC1)N1CCC(C)C(n2ccnc2)C1. The average Bonchev–Trinajstić information content (AvgIpc) is 3.15. The molecule has 2 unspecified atom stereocenters. The van der Waals surface area contributed by atoms with Crippen molar-refractivity contribution < 1.29 is 5.11 Å². The molecule has 1 saturated carbocycles. The van der Waals surface area contributed by atoms with Gasteiger partial charge in [-0.3, -0.25) is 4.99 Å². The number of piperidine rings is 1. The van der Waals surface area contributed by atoms with Crippen LogP contribution < -0.4 is 5.32 Å². The van der Waals surface area contributed by atoms with Crippen molar-refractivity contribution in [1.82, 2.24) is 19.8 Å². The van der Waals surface area contributed by atoms with Crippen LogP contribution in [0.1, 0.15) is 39.2 Å². The van der Waals surface area contributed by atoms with Gasteiger partial charge in [0, 0.05) is 37.4 Å². The van der Waals surface area contributed by atoms with Crippen LogP contribution in [0.5, 0.6) is 0 Å². The molecule has 1 saturated heterocycles. The first-order valence-electron chi connectivity index (χ1n) is 8.79. The minimum atomic E-state index is 0.0630. The van der Waals surface area contributed by atoms with Crippen molar-refractivity contribution in [1.29, 1.82) is 0 Å². The van der Waals surface area contributed by atoms with Crippen molar-refractivity contribution in [2.45, 2.75) is 39.2 Å². The zero-order valence-electron chi connectivity index (χ0n) is 14.3. The summed E-state index contributed by atoms with van der Waals surface area (Å²) in [5.41, 5.74) is 0.0630. The molecule has 2 N–H and O–H groups in total. The zero-order chi connectivity index (χ0) is 16.3. The van der Waals surface area contributed by atoms with Crippen LogP contribution in [0.4, 0.5) is 0 Å². The molecule has 3 rings (SSSR count). The lowest BCUT2D eigenvalue weighted by Gasteiger charge is -2.39. The molecule has 0 amide bonds. The van der Waals surface area contributed by atoms with Crippen LogP contribution in [0, 0.1) is 11.3 Å². The van der Waals surface area contributed by atoms with Gasteiger partial charge < -0.3 is 19.9 Å². The lowest BCUT2D eigenvalue weighted by atomic mass is 9.93. The summed E-state index contributed by atoms with van der Waals surface area (Å²) in [7, 11) is 0. The van der Waals surface area contributed by atoms with Crippen LogP contribution in [-0.2, 0) is 0 Å². The normalized spacial score (nSPS) is 27.1. The summed E-state index contributed by atoms with van der Waals surface area (Å²) in [5.74, 6) is 1.62. The van der Waals surface area contributed by atoms with Gasteiger partial charge in [-0.05, 0) is 32.1 Å². The summed E-state index contributed by atoms with van der Waals surface area (Å²) in [6, 6.07) is 0.433. The predicted octanol–water partition coefficient (Wildman–Crippen LogP) is 1.50. The second-order valence-corrected chi connectivity index (χ2v) is 7.12. The number of hydrogen-bond acceptors (Lipinski definition) is 3. The number of hydrogen-bond donors (Lipinski definition) is 2. The highest BCUT2D eigenvalue weighted by Crippen LogP contribution is 2.45. The standard InChI is InChI=1S/C17H29N5O/c1-3-19-16(20-11-17(12-23)5-6-17)21-8-4-14(2)15(10-21)22-9-7-18-13-22/h7,9,13-15,23H,3-6,8,10-12H2,1-2H3,(H,19,20). The van der Waals surface area contributed by atoms with Crippen molar-refractivity contribution in [3.8, 4) is 0 Å². The molecule has 2 aliphatic rings. The number of aromatic nitrogens is 2. The molecule has 0 bridgehead atoms. The molecular formula is C17H29N5O. The fraction of sp³-hybridized carbons (Fsp3) is 0.765. The third-order valence-electron chi connectivity index (χ3n) is 5.32. The van der Waals surface area contributed by atoms with E-state index in [4.69, 9.17) is 4.99 Å². The van der Waals surface area contributed by atoms with Crippen molar-refractivity contribution >= 4 is 5.96 Å². The Labute approximate surface area is 138 Å². The number of aliphatic imine (C=N–C) groups is 1. The van der Waals surface area contributed by atoms with Gasteiger partial charge in [0.1, 0.15) is 0 Å². The van der Waals surface area contributed by atoms with Gasteiger partial charge >= 0.3 is 0 Å². The Morgan fingerprint density at radius 3 is 2.91 bits per heavy atom. The Hall–Kier alpha value is -1.56. The van der Waals surface area contributed by atoms with E-state index in [1.807, 2.05) is 12.5 Å². The Morgan fingerprint density at radius 2 is 2.30 bits per heavy atom. The first-order chi connectivity index (χ1) is 11.2. The zero-order valence-corrected chi connectivity index (χ0v) is 14.3. The highest BCUT2D eigenvalue weighted by molar-refractivity contribution is 5.80. The molecule has 1 aromatic heterocycles. The number of rotatable bonds is 5. The first-order valence-corrected chi connectivity index (χ1v) is 8.79. The molecule has 6 nitrogen and oxygen atoms in total. The Bertz CT molecular complexity index is 523. The minimum Gasteiger partial charge on any atom is -0.396 e. The molecule has 2 fully saturated rings. The van der Waals surface area contributed by atoms with Crippen LogP contribution in [0.25, 0.3) is 0 Å². The summed E-state index contributed by atoms with van der Waals surface area (Å²) in [5, 5.41) is 12.9. The molecule has 6 heteroatoms. The second-order valence-electron chi connectivity index (χ2n) is 7.12. The molecule has 1 aliphatic carbocycles. The number of likely N-dealkylation sites (tertiary alicyclic amines) is 1.